The smallest absolute Gasteiger partial charge is 0.325 e. The molecule has 4 rings (SSSR count). The fourth-order valence-electron chi connectivity index (χ4n) is 3.20. The van der Waals surface area contributed by atoms with Crippen LogP contribution in [0, 0.1) is 0 Å². The Bertz CT molecular complexity index is 1210. The molecule has 3 aromatic carbocycles. The summed E-state index contributed by atoms with van der Waals surface area (Å²) in [5, 5.41) is 12.2. The minimum absolute atomic E-state index is 0.0737. The fourth-order valence-corrected chi connectivity index (χ4v) is 3.39. The molecule has 1 heterocycles. The van der Waals surface area contributed by atoms with Gasteiger partial charge in [-0.2, -0.15) is 0 Å². The number of para-hydroxylation sites is 2. The molecule has 0 atom stereocenters. The molecule has 0 spiro atoms. The average Bonchev–Trinajstić information content (AvgIpc) is 3.26. The molecule has 0 fully saturated rings. The van der Waals surface area contributed by atoms with Crippen molar-refractivity contribution in [1.82, 2.24) is 14.8 Å². The molecule has 0 aliphatic heterocycles. The molecule has 32 heavy (non-hydrogen) atoms. The van der Waals surface area contributed by atoms with E-state index in [9.17, 15) is 4.79 Å². The summed E-state index contributed by atoms with van der Waals surface area (Å²) in [5.41, 5.74) is 2.41. The fraction of sp³-hybridized carbons (Fsp3) is 0.125. The van der Waals surface area contributed by atoms with Gasteiger partial charge in [0.25, 0.3) is 0 Å². The lowest BCUT2D eigenvalue weighted by molar-refractivity contribution is -0.142. The van der Waals surface area contributed by atoms with Crippen LogP contribution in [0.1, 0.15) is 5.56 Å². The predicted octanol–water partition coefficient (Wildman–Crippen LogP) is 4.75. The van der Waals surface area contributed by atoms with Gasteiger partial charge in [0.15, 0.2) is 5.82 Å². The molecule has 0 aliphatic carbocycles. The van der Waals surface area contributed by atoms with Gasteiger partial charge < -0.3 is 14.8 Å². The minimum Gasteiger partial charge on any atom is -0.495 e. The van der Waals surface area contributed by atoms with E-state index in [-0.39, 0.29) is 13.2 Å². The van der Waals surface area contributed by atoms with Crippen LogP contribution < -0.4 is 10.1 Å². The first kappa shape index (κ1) is 21.4. The molecule has 0 radical (unpaired) electrons. The highest BCUT2D eigenvalue weighted by Gasteiger charge is 2.19. The highest BCUT2D eigenvalue weighted by atomic mass is 35.5. The van der Waals surface area contributed by atoms with Crippen LogP contribution in [0.4, 0.5) is 5.95 Å². The standard InChI is InChI=1S/C24H21ClN4O3/c1-31-21-13-6-5-12-20(21)29-23(18-10-7-11-19(25)14-18)27-28-24(29)26-15-22(30)32-16-17-8-3-2-4-9-17/h2-14H,15-16H2,1H3,(H,26,28). The summed E-state index contributed by atoms with van der Waals surface area (Å²) in [6.45, 7) is 0.129. The topological polar surface area (TPSA) is 78.3 Å². The second kappa shape index (κ2) is 9.98. The third-order valence-corrected chi connectivity index (χ3v) is 4.94. The predicted molar refractivity (Wildman–Crippen MR) is 123 cm³/mol. The van der Waals surface area contributed by atoms with E-state index in [1.807, 2.05) is 66.7 Å². The van der Waals surface area contributed by atoms with Crippen molar-refractivity contribution in [3.8, 4) is 22.8 Å². The van der Waals surface area contributed by atoms with E-state index in [2.05, 4.69) is 15.5 Å². The minimum atomic E-state index is -0.410. The maximum Gasteiger partial charge on any atom is 0.325 e. The normalized spacial score (nSPS) is 10.6. The van der Waals surface area contributed by atoms with E-state index < -0.39 is 5.97 Å². The van der Waals surface area contributed by atoms with Gasteiger partial charge in [0.2, 0.25) is 5.95 Å². The van der Waals surface area contributed by atoms with Gasteiger partial charge in [0.05, 0.1) is 12.8 Å². The number of nitrogens with one attached hydrogen (secondary N) is 1. The first-order valence-electron chi connectivity index (χ1n) is 9.94. The summed E-state index contributed by atoms with van der Waals surface area (Å²) in [5.74, 6) is 1.15. The summed E-state index contributed by atoms with van der Waals surface area (Å²) in [6, 6.07) is 24.3. The maximum atomic E-state index is 12.3. The number of halogens is 1. The zero-order valence-electron chi connectivity index (χ0n) is 17.4. The number of benzene rings is 3. The molecule has 0 saturated carbocycles. The van der Waals surface area contributed by atoms with Crippen LogP contribution in [-0.4, -0.2) is 34.4 Å². The van der Waals surface area contributed by atoms with Gasteiger partial charge in [0.1, 0.15) is 18.9 Å². The summed E-state index contributed by atoms with van der Waals surface area (Å²) < 4.78 is 12.7. The second-order valence-electron chi connectivity index (χ2n) is 6.86. The van der Waals surface area contributed by atoms with E-state index in [1.54, 1.807) is 23.8 Å². The SMILES string of the molecule is COc1ccccc1-n1c(NCC(=O)OCc2ccccc2)nnc1-c1cccc(Cl)c1. The molecule has 7 nitrogen and oxygen atoms in total. The van der Waals surface area contributed by atoms with Crippen molar-refractivity contribution in [2.45, 2.75) is 6.61 Å². The number of carbonyl (C=O) groups excluding carboxylic acids is 1. The number of rotatable bonds is 8. The van der Waals surface area contributed by atoms with E-state index >= 15 is 0 Å². The number of hydrogen-bond acceptors (Lipinski definition) is 6. The monoisotopic (exact) mass is 448 g/mol. The van der Waals surface area contributed by atoms with Crippen molar-refractivity contribution in [1.29, 1.82) is 0 Å². The lowest BCUT2D eigenvalue weighted by Gasteiger charge is -2.14. The lowest BCUT2D eigenvalue weighted by Crippen LogP contribution is -2.19. The first-order chi connectivity index (χ1) is 15.7. The third kappa shape index (κ3) is 4.90. The Morgan fingerprint density at radius 1 is 1.00 bits per heavy atom. The zero-order valence-corrected chi connectivity index (χ0v) is 18.1. The van der Waals surface area contributed by atoms with E-state index in [0.29, 0.717) is 22.5 Å². The number of methoxy groups -OCH3 is 1. The quantitative estimate of drug-likeness (QED) is 0.392. The van der Waals surface area contributed by atoms with Crippen molar-refractivity contribution in [2.24, 2.45) is 0 Å². The van der Waals surface area contributed by atoms with Gasteiger partial charge in [-0.25, -0.2) is 0 Å². The number of carbonyl (C=O) groups is 1. The van der Waals surface area contributed by atoms with Gasteiger partial charge >= 0.3 is 5.97 Å². The van der Waals surface area contributed by atoms with Gasteiger partial charge in [-0.3, -0.25) is 9.36 Å². The van der Waals surface area contributed by atoms with Gasteiger partial charge in [-0.05, 0) is 29.8 Å². The van der Waals surface area contributed by atoms with Gasteiger partial charge in [-0.15, -0.1) is 10.2 Å². The van der Waals surface area contributed by atoms with Crippen molar-refractivity contribution < 1.29 is 14.3 Å². The van der Waals surface area contributed by atoms with Gasteiger partial charge in [0, 0.05) is 10.6 Å². The van der Waals surface area contributed by atoms with E-state index in [1.165, 1.54) is 0 Å². The molecule has 0 aliphatic rings. The molecule has 0 bridgehead atoms. The number of hydrogen-bond donors (Lipinski definition) is 1. The third-order valence-electron chi connectivity index (χ3n) is 4.71. The van der Waals surface area contributed by atoms with Gasteiger partial charge in [-0.1, -0.05) is 66.2 Å². The molecule has 1 N–H and O–H groups in total. The number of anilines is 1. The van der Waals surface area contributed by atoms with Crippen LogP contribution in [0.3, 0.4) is 0 Å². The van der Waals surface area contributed by atoms with Crippen molar-refractivity contribution >= 4 is 23.5 Å². The van der Waals surface area contributed by atoms with Crippen molar-refractivity contribution in [2.75, 3.05) is 19.0 Å². The van der Waals surface area contributed by atoms with E-state index in [4.69, 9.17) is 21.1 Å². The molecule has 0 saturated heterocycles. The summed E-state index contributed by atoms with van der Waals surface area (Å²) >= 11 is 6.19. The van der Waals surface area contributed by atoms with Crippen molar-refractivity contribution in [3.63, 3.8) is 0 Å². The van der Waals surface area contributed by atoms with Crippen molar-refractivity contribution in [3.05, 3.63) is 89.4 Å². The highest BCUT2D eigenvalue weighted by molar-refractivity contribution is 6.30. The van der Waals surface area contributed by atoms with Crippen LogP contribution in [0.25, 0.3) is 17.1 Å². The lowest BCUT2D eigenvalue weighted by atomic mass is 10.2. The zero-order chi connectivity index (χ0) is 22.3. The Hall–Kier alpha value is -3.84. The molecule has 162 valence electrons. The van der Waals surface area contributed by atoms with Crippen LogP contribution in [-0.2, 0) is 16.1 Å². The Morgan fingerprint density at radius 3 is 2.56 bits per heavy atom. The Labute approximate surface area is 190 Å². The molecule has 0 amide bonds. The molecule has 1 aromatic heterocycles. The summed E-state index contributed by atoms with van der Waals surface area (Å²) in [6.07, 6.45) is 0. The molecular weight excluding hydrogens is 428 g/mol. The maximum absolute atomic E-state index is 12.3. The number of aromatic nitrogens is 3. The Balaban J connectivity index is 1.60. The highest BCUT2D eigenvalue weighted by Crippen LogP contribution is 2.31. The Morgan fingerprint density at radius 2 is 1.78 bits per heavy atom. The van der Waals surface area contributed by atoms with Crippen LogP contribution in [0.5, 0.6) is 5.75 Å². The molecule has 0 unspecified atom stereocenters. The number of nitrogens with zero attached hydrogens (tertiary/aromatic N) is 3. The van der Waals surface area contributed by atoms with Crippen LogP contribution >= 0.6 is 11.6 Å². The Kier molecular flexibility index (Phi) is 6.67. The largest absolute Gasteiger partial charge is 0.495 e. The molecule has 8 heteroatoms. The first-order valence-corrected chi connectivity index (χ1v) is 10.3. The molecule has 4 aromatic rings. The second-order valence-corrected chi connectivity index (χ2v) is 7.30. The van der Waals surface area contributed by atoms with Crippen LogP contribution in [0.2, 0.25) is 5.02 Å². The number of ether oxygens (including phenoxy) is 2. The summed E-state index contributed by atoms with van der Waals surface area (Å²) in [4.78, 5) is 12.3. The molecular formula is C24H21ClN4O3. The van der Waals surface area contributed by atoms with E-state index in [0.717, 1.165) is 16.8 Å². The van der Waals surface area contributed by atoms with Crippen LogP contribution in [0.15, 0.2) is 78.9 Å². The number of esters is 1. The average molecular weight is 449 g/mol. The summed E-state index contributed by atoms with van der Waals surface area (Å²) in [7, 11) is 1.59.